The lowest BCUT2D eigenvalue weighted by Crippen LogP contribution is -2.45. The number of nitrogens with one attached hydrogen (secondary N) is 1. The molecule has 0 atom stereocenters. The first-order chi connectivity index (χ1) is 8.02. The third-order valence-electron chi connectivity index (χ3n) is 3.49. The van der Waals surface area contributed by atoms with Crippen molar-refractivity contribution >= 4 is 5.82 Å². The first-order valence-electron chi connectivity index (χ1n) is 5.86. The summed E-state index contributed by atoms with van der Waals surface area (Å²) in [7, 11) is 1.45. The molecule has 1 aliphatic rings. The number of H-pyrrole nitrogens is 1. The molecule has 0 spiro atoms. The molecule has 6 nitrogen and oxygen atoms in total. The van der Waals surface area contributed by atoms with E-state index in [0.717, 1.165) is 30.3 Å². The molecule has 1 aromatic rings. The number of hydrogen-bond donors (Lipinski definition) is 2. The van der Waals surface area contributed by atoms with Crippen LogP contribution in [0, 0.1) is 6.92 Å². The molecular weight excluding hydrogens is 220 g/mol. The normalized spacial score (nSPS) is 16.4. The van der Waals surface area contributed by atoms with Crippen molar-refractivity contribution in [2.24, 2.45) is 12.9 Å². The van der Waals surface area contributed by atoms with Gasteiger partial charge in [0.25, 0.3) is 5.56 Å². The second-order valence-corrected chi connectivity index (χ2v) is 4.61. The Kier molecular flexibility index (Phi) is 3.06. The van der Waals surface area contributed by atoms with E-state index in [-0.39, 0.29) is 11.6 Å². The Morgan fingerprint density at radius 3 is 2.53 bits per heavy atom. The van der Waals surface area contributed by atoms with Crippen LogP contribution in [0.2, 0.25) is 0 Å². The number of anilines is 1. The highest BCUT2D eigenvalue weighted by molar-refractivity contribution is 5.44. The molecule has 1 aliphatic carbocycles. The molecule has 1 heterocycles. The van der Waals surface area contributed by atoms with E-state index in [1.54, 1.807) is 11.9 Å². The maximum absolute atomic E-state index is 11.8. The summed E-state index contributed by atoms with van der Waals surface area (Å²) in [5.41, 5.74) is -0.234. The Hall–Kier alpha value is -1.56. The zero-order valence-electron chi connectivity index (χ0n) is 10.2. The predicted molar refractivity (Wildman–Crippen MR) is 66.0 cm³/mol. The van der Waals surface area contributed by atoms with Gasteiger partial charge in [0.05, 0.1) is 5.56 Å². The number of aromatic nitrogens is 2. The van der Waals surface area contributed by atoms with Crippen LogP contribution >= 0.6 is 0 Å². The molecular formula is C11H18N4O2. The van der Waals surface area contributed by atoms with Crippen molar-refractivity contribution in [1.29, 1.82) is 0 Å². The molecule has 1 saturated carbocycles. The first-order valence-corrected chi connectivity index (χ1v) is 5.86. The van der Waals surface area contributed by atoms with Crippen molar-refractivity contribution in [3.05, 3.63) is 26.4 Å². The van der Waals surface area contributed by atoms with Gasteiger partial charge in [0.1, 0.15) is 5.82 Å². The quantitative estimate of drug-likeness (QED) is 0.561. The van der Waals surface area contributed by atoms with Crippen LogP contribution in [-0.2, 0) is 7.05 Å². The smallest absolute Gasteiger partial charge is 0.293 e. The van der Waals surface area contributed by atoms with Gasteiger partial charge in [0.15, 0.2) is 0 Å². The lowest BCUT2D eigenvalue weighted by atomic mass is 10.2. The molecule has 0 aromatic carbocycles. The van der Waals surface area contributed by atoms with Gasteiger partial charge in [-0.15, -0.1) is 0 Å². The van der Waals surface area contributed by atoms with Gasteiger partial charge in [0, 0.05) is 13.1 Å². The van der Waals surface area contributed by atoms with Gasteiger partial charge in [-0.3, -0.25) is 19.4 Å². The van der Waals surface area contributed by atoms with Crippen LogP contribution < -0.4 is 22.1 Å². The summed E-state index contributed by atoms with van der Waals surface area (Å²) in [5, 5.41) is 1.55. The number of aromatic amines is 1. The number of rotatable bonds is 2. The standard InChI is InChI=1S/C11H18N4O2/c1-7-9(13-11(17)14(2)10(7)16)15(12)8-5-3-4-6-8/h8H,3-6,12H2,1-2H3,(H,13,17). The Labute approximate surface area is 99.0 Å². The van der Waals surface area contributed by atoms with Crippen LogP contribution in [-0.4, -0.2) is 15.6 Å². The SMILES string of the molecule is Cc1c(N(N)C2CCCC2)[nH]c(=O)n(C)c1=O. The molecule has 0 radical (unpaired) electrons. The Morgan fingerprint density at radius 1 is 1.35 bits per heavy atom. The second kappa shape index (κ2) is 4.37. The Balaban J connectivity index is 2.45. The fraction of sp³-hybridized carbons (Fsp3) is 0.636. The highest BCUT2D eigenvalue weighted by Gasteiger charge is 2.23. The highest BCUT2D eigenvalue weighted by Crippen LogP contribution is 2.24. The van der Waals surface area contributed by atoms with Gasteiger partial charge in [0.2, 0.25) is 0 Å². The molecule has 3 N–H and O–H groups in total. The van der Waals surface area contributed by atoms with E-state index in [9.17, 15) is 9.59 Å². The largest absolute Gasteiger partial charge is 0.329 e. The van der Waals surface area contributed by atoms with Crippen molar-refractivity contribution in [2.75, 3.05) is 5.01 Å². The molecule has 94 valence electrons. The maximum atomic E-state index is 11.8. The lowest BCUT2D eigenvalue weighted by molar-refractivity contribution is 0.606. The van der Waals surface area contributed by atoms with Crippen LogP contribution in [0.4, 0.5) is 5.82 Å². The summed E-state index contributed by atoms with van der Waals surface area (Å²) in [6, 6.07) is 0.219. The molecule has 17 heavy (non-hydrogen) atoms. The van der Waals surface area contributed by atoms with E-state index in [0.29, 0.717) is 11.4 Å². The van der Waals surface area contributed by atoms with Gasteiger partial charge in [-0.05, 0) is 19.8 Å². The second-order valence-electron chi connectivity index (χ2n) is 4.61. The minimum atomic E-state index is -0.427. The van der Waals surface area contributed by atoms with E-state index in [1.165, 1.54) is 7.05 Å². The van der Waals surface area contributed by atoms with E-state index >= 15 is 0 Å². The van der Waals surface area contributed by atoms with E-state index < -0.39 is 5.69 Å². The van der Waals surface area contributed by atoms with Crippen molar-refractivity contribution in [3.8, 4) is 0 Å². The summed E-state index contributed by atoms with van der Waals surface area (Å²) in [5.74, 6) is 6.45. The summed E-state index contributed by atoms with van der Waals surface area (Å²) in [4.78, 5) is 26.0. The maximum Gasteiger partial charge on any atom is 0.329 e. The van der Waals surface area contributed by atoms with Crippen molar-refractivity contribution in [1.82, 2.24) is 9.55 Å². The Morgan fingerprint density at radius 2 is 1.94 bits per heavy atom. The topological polar surface area (TPSA) is 84.1 Å². The minimum absolute atomic E-state index is 0.219. The van der Waals surface area contributed by atoms with Crippen molar-refractivity contribution < 1.29 is 0 Å². The third-order valence-corrected chi connectivity index (χ3v) is 3.49. The average molecular weight is 238 g/mol. The zero-order chi connectivity index (χ0) is 12.6. The minimum Gasteiger partial charge on any atom is -0.293 e. The van der Waals surface area contributed by atoms with Gasteiger partial charge in [-0.2, -0.15) is 0 Å². The van der Waals surface area contributed by atoms with Gasteiger partial charge in [-0.25, -0.2) is 10.6 Å². The monoisotopic (exact) mass is 238 g/mol. The average Bonchev–Trinajstić information content (AvgIpc) is 2.84. The molecule has 2 rings (SSSR count). The number of hydrazine groups is 1. The van der Waals surface area contributed by atoms with Gasteiger partial charge in [-0.1, -0.05) is 12.8 Å². The van der Waals surface area contributed by atoms with Gasteiger partial charge < -0.3 is 0 Å². The van der Waals surface area contributed by atoms with E-state index in [4.69, 9.17) is 5.84 Å². The third kappa shape index (κ3) is 2.00. The first kappa shape index (κ1) is 11.9. The Bertz CT molecular complexity index is 525. The highest BCUT2D eigenvalue weighted by atomic mass is 16.2. The molecule has 1 fully saturated rings. The molecule has 0 saturated heterocycles. The lowest BCUT2D eigenvalue weighted by Gasteiger charge is -2.26. The number of nitrogens with two attached hydrogens (primary N) is 1. The summed E-state index contributed by atoms with van der Waals surface area (Å²) in [6.45, 7) is 1.68. The van der Waals surface area contributed by atoms with Crippen LogP contribution in [0.3, 0.4) is 0 Å². The summed E-state index contributed by atoms with van der Waals surface area (Å²) < 4.78 is 1.06. The van der Waals surface area contributed by atoms with E-state index in [2.05, 4.69) is 4.98 Å². The molecule has 6 heteroatoms. The van der Waals surface area contributed by atoms with Crippen LogP contribution in [0.5, 0.6) is 0 Å². The zero-order valence-corrected chi connectivity index (χ0v) is 10.2. The fourth-order valence-electron chi connectivity index (χ4n) is 2.35. The van der Waals surface area contributed by atoms with Gasteiger partial charge >= 0.3 is 5.69 Å². The number of hydrogen-bond acceptors (Lipinski definition) is 4. The molecule has 0 bridgehead atoms. The van der Waals surface area contributed by atoms with Crippen LogP contribution in [0.1, 0.15) is 31.2 Å². The van der Waals surface area contributed by atoms with E-state index in [1.807, 2.05) is 0 Å². The molecule has 0 unspecified atom stereocenters. The summed E-state index contributed by atoms with van der Waals surface area (Å²) >= 11 is 0. The number of nitrogens with zero attached hydrogens (tertiary/aromatic N) is 2. The molecule has 1 aromatic heterocycles. The fourth-order valence-corrected chi connectivity index (χ4v) is 2.35. The van der Waals surface area contributed by atoms with Crippen LogP contribution in [0.25, 0.3) is 0 Å². The van der Waals surface area contributed by atoms with Crippen molar-refractivity contribution in [3.63, 3.8) is 0 Å². The summed E-state index contributed by atoms with van der Waals surface area (Å²) in [6.07, 6.45) is 4.30. The molecule has 0 aliphatic heterocycles. The molecule has 0 amide bonds. The predicted octanol–water partition coefficient (Wildman–Crippen LogP) is 0.00472. The van der Waals surface area contributed by atoms with Crippen LogP contribution in [0.15, 0.2) is 9.59 Å². The van der Waals surface area contributed by atoms with Crippen molar-refractivity contribution in [2.45, 2.75) is 38.6 Å².